The zero-order valence-corrected chi connectivity index (χ0v) is 15.7. The molecule has 1 aliphatic heterocycles. The number of hydroxylamine groups is 1. The molecule has 30 heavy (non-hydrogen) atoms. The molecule has 0 unspecified atom stereocenters. The minimum atomic E-state index is -3.12. The first-order valence-corrected chi connectivity index (χ1v) is 9.51. The summed E-state index contributed by atoms with van der Waals surface area (Å²) in [5, 5.41) is 2.95. The molecule has 4 N–H and O–H groups in total. The molecule has 0 bridgehead atoms. The summed E-state index contributed by atoms with van der Waals surface area (Å²) in [4.78, 5) is 24.5. The molecule has 4 rings (SSSR count). The van der Waals surface area contributed by atoms with Crippen LogP contribution in [0, 0.1) is 11.7 Å². The Kier molecular flexibility index (Phi) is 5.10. The molecule has 1 aromatic carbocycles. The van der Waals surface area contributed by atoms with Gasteiger partial charge in [-0.25, -0.2) is 31.9 Å². The lowest BCUT2D eigenvalue weighted by molar-refractivity contribution is 0.0367. The van der Waals surface area contributed by atoms with Crippen molar-refractivity contribution in [1.82, 2.24) is 10.5 Å². The lowest BCUT2D eigenvalue weighted by Crippen LogP contribution is -2.38. The molecule has 7 nitrogen and oxygen atoms in total. The maximum atomic E-state index is 14.7. The Hall–Kier alpha value is -2.80. The summed E-state index contributed by atoms with van der Waals surface area (Å²) < 4.78 is 68.4. The van der Waals surface area contributed by atoms with E-state index in [9.17, 15) is 26.7 Å². The number of nitrogens with one attached hydrogen (secondary N) is 2. The van der Waals surface area contributed by atoms with Gasteiger partial charge in [-0.2, -0.15) is 0 Å². The molecule has 2 aromatic rings. The van der Waals surface area contributed by atoms with Crippen LogP contribution in [0.4, 0.5) is 27.6 Å². The fraction of sp³-hybridized carbons (Fsp3) is 0.353. The maximum absolute atomic E-state index is 14.7. The van der Waals surface area contributed by atoms with Crippen LogP contribution in [0.3, 0.4) is 0 Å². The van der Waals surface area contributed by atoms with E-state index in [4.69, 9.17) is 10.6 Å². The third-order valence-corrected chi connectivity index (χ3v) is 5.75. The third-order valence-electron chi connectivity index (χ3n) is 4.90. The lowest BCUT2D eigenvalue weighted by Gasteiger charge is -2.29. The van der Waals surface area contributed by atoms with Crippen LogP contribution >= 0.6 is 11.3 Å². The number of nitrogens with two attached hydrogens (primary N) is 1. The van der Waals surface area contributed by atoms with E-state index in [2.05, 4.69) is 20.8 Å². The molecule has 0 spiro atoms. The minimum absolute atomic E-state index is 0.0351. The average Bonchev–Trinajstić information content (AvgIpc) is 3.32. The first-order valence-electron chi connectivity index (χ1n) is 8.63. The summed E-state index contributed by atoms with van der Waals surface area (Å²) in [5.74, 6) is -2.60. The summed E-state index contributed by atoms with van der Waals surface area (Å²) in [7, 11) is 0. The average molecular weight is 447 g/mol. The van der Waals surface area contributed by atoms with E-state index in [1.807, 2.05) is 0 Å². The smallest absolute Gasteiger partial charge is 0.303 e. The first-order chi connectivity index (χ1) is 14.2. The number of benzene rings is 1. The second kappa shape index (κ2) is 7.47. The summed E-state index contributed by atoms with van der Waals surface area (Å²) in [5.41, 5.74) is 4.92. The molecule has 0 radical (unpaired) electrons. The zero-order valence-electron chi connectivity index (χ0n) is 14.9. The van der Waals surface area contributed by atoms with E-state index in [1.54, 1.807) is 0 Å². The van der Waals surface area contributed by atoms with Crippen molar-refractivity contribution in [2.75, 3.05) is 5.32 Å². The molecule has 1 aliphatic carbocycles. The molecule has 160 valence electrons. The lowest BCUT2D eigenvalue weighted by atomic mass is 9.84. The first kappa shape index (κ1) is 20.5. The molecule has 2 heterocycles. The molecular formula is C17H14F5N5O2S. The van der Waals surface area contributed by atoms with Crippen molar-refractivity contribution in [2.24, 2.45) is 16.6 Å². The number of nitrogens with zero attached hydrogens (tertiary/aromatic N) is 2. The van der Waals surface area contributed by atoms with Gasteiger partial charge in [0.25, 0.3) is 18.8 Å². The molecular weight excluding hydrogens is 433 g/mol. The van der Waals surface area contributed by atoms with Crippen LogP contribution in [0.25, 0.3) is 0 Å². The quantitative estimate of drug-likeness (QED) is 0.612. The van der Waals surface area contributed by atoms with Crippen molar-refractivity contribution in [3.63, 3.8) is 0 Å². The van der Waals surface area contributed by atoms with Crippen LogP contribution in [0.15, 0.2) is 28.6 Å². The predicted octanol–water partition coefficient (Wildman–Crippen LogP) is 3.17. The number of alkyl halides is 4. The summed E-state index contributed by atoms with van der Waals surface area (Å²) in [6, 6.07) is 2.02. The molecule has 1 amide bonds. The standard InChI is InChI=1S/C17H14F5N5O2S/c18-9-2-1-6(24-13(28)11-5-30-14(25-11)12(19)20)3-7(9)17(15(21)22)8-4-10(8)27-29-16(23)26-17/h1-3,5,8,10,12,15,27H,4H2,(H2,23,26)(H,24,28)/t8-,10+,17+/m0/s1. The van der Waals surface area contributed by atoms with Crippen molar-refractivity contribution in [3.8, 4) is 0 Å². The fourth-order valence-electron chi connectivity index (χ4n) is 3.42. The Morgan fingerprint density at radius 3 is 2.80 bits per heavy atom. The second-order valence-corrected chi connectivity index (χ2v) is 7.65. The number of anilines is 1. The Morgan fingerprint density at radius 2 is 2.13 bits per heavy atom. The Labute approximate surface area is 170 Å². The van der Waals surface area contributed by atoms with E-state index < -0.39 is 58.7 Å². The number of rotatable bonds is 5. The van der Waals surface area contributed by atoms with E-state index in [-0.39, 0.29) is 17.8 Å². The van der Waals surface area contributed by atoms with E-state index in [0.717, 1.165) is 23.6 Å². The third kappa shape index (κ3) is 3.47. The van der Waals surface area contributed by atoms with Gasteiger partial charge in [-0.1, -0.05) is 0 Å². The number of amides is 1. The summed E-state index contributed by atoms with van der Waals surface area (Å²) in [6.07, 6.45) is -5.70. The van der Waals surface area contributed by atoms with Crippen molar-refractivity contribution >= 4 is 29.0 Å². The largest absolute Gasteiger partial charge is 0.371 e. The SMILES string of the molecule is NC1=N[C@@](c2cc(NC(=O)c3csc(C(F)F)n3)ccc2F)(C(F)F)[C@H]2C[C@H]2NO1. The van der Waals surface area contributed by atoms with Gasteiger partial charge in [0.05, 0.1) is 0 Å². The minimum Gasteiger partial charge on any atom is -0.371 e. The van der Waals surface area contributed by atoms with Crippen molar-refractivity contribution in [2.45, 2.75) is 30.9 Å². The van der Waals surface area contributed by atoms with Gasteiger partial charge in [0.1, 0.15) is 11.5 Å². The zero-order chi connectivity index (χ0) is 21.6. The number of aromatic nitrogens is 1. The normalized spacial score (nSPS) is 25.4. The molecule has 1 aromatic heterocycles. The number of hydrogen-bond donors (Lipinski definition) is 3. The van der Waals surface area contributed by atoms with Gasteiger partial charge < -0.3 is 15.9 Å². The van der Waals surface area contributed by atoms with Gasteiger partial charge in [0, 0.05) is 28.6 Å². The van der Waals surface area contributed by atoms with Gasteiger partial charge in [-0.3, -0.25) is 4.79 Å². The van der Waals surface area contributed by atoms with Crippen LogP contribution in [0.2, 0.25) is 0 Å². The highest BCUT2D eigenvalue weighted by Gasteiger charge is 2.62. The highest BCUT2D eigenvalue weighted by atomic mass is 32.1. The van der Waals surface area contributed by atoms with Gasteiger partial charge in [-0.05, 0) is 24.6 Å². The monoisotopic (exact) mass is 447 g/mol. The predicted molar refractivity (Wildman–Crippen MR) is 96.8 cm³/mol. The topological polar surface area (TPSA) is 102 Å². The molecule has 3 atom stereocenters. The van der Waals surface area contributed by atoms with Crippen molar-refractivity contribution in [1.29, 1.82) is 0 Å². The number of halogens is 5. The Bertz CT molecular complexity index is 1020. The number of amidine groups is 1. The number of carbonyl (C=O) groups is 1. The van der Waals surface area contributed by atoms with Crippen molar-refractivity contribution in [3.05, 3.63) is 45.7 Å². The number of aliphatic imine (C=N–C) groups is 1. The molecule has 2 aliphatic rings. The van der Waals surface area contributed by atoms with E-state index >= 15 is 0 Å². The number of fused-ring (bicyclic) bond motifs is 1. The number of carbonyl (C=O) groups excluding carboxylic acids is 1. The Morgan fingerprint density at radius 1 is 1.37 bits per heavy atom. The molecule has 13 heteroatoms. The van der Waals surface area contributed by atoms with E-state index in [1.165, 1.54) is 0 Å². The fourth-order valence-corrected chi connectivity index (χ4v) is 4.07. The summed E-state index contributed by atoms with van der Waals surface area (Å²) >= 11 is 0.603. The van der Waals surface area contributed by atoms with Crippen LogP contribution < -0.4 is 16.5 Å². The highest BCUT2D eigenvalue weighted by molar-refractivity contribution is 7.09. The van der Waals surface area contributed by atoms with Gasteiger partial charge in [0.15, 0.2) is 10.5 Å². The van der Waals surface area contributed by atoms with Crippen LogP contribution in [0.1, 0.15) is 33.9 Å². The second-order valence-electron chi connectivity index (χ2n) is 6.77. The summed E-state index contributed by atoms with van der Waals surface area (Å²) in [6.45, 7) is 0. The van der Waals surface area contributed by atoms with Gasteiger partial charge in [-0.15, -0.1) is 16.8 Å². The van der Waals surface area contributed by atoms with Crippen molar-refractivity contribution < 1.29 is 31.6 Å². The van der Waals surface area contributed by atoms with Crippen LogP contribution in [-0.2, 0) is 10.4 Å². The van der Waals surface area contributed by atoms with Gasteiger partial charge >= 0.3 is 6.02 Å². The Balaban J connectivity index is 1.69. The van der Waals surface area contributed by atoms with E-state index in [0.29, 0.717) is 11.3 Å². The highest BCUT2D eigenvalue weighted by Crippen LogP contribution is 2.54. The maximum Gasteiger partial charge on any atom is 0.303 e. The van der Waals surface area contributed by atoms with Crippen LogP contribution in [-0.4, -0.2) is 29.4 Å². The van der Waals surface area contributed by atoms with Crippen LogP contribution in [0.5, 0.6) is 0 Å². The number of hydrogen-bond acceptors (Lipinski definition) is 7. The molecule has 0 saturated heterocycles. The number of thiazole rings is 1. The molecule has 1 saturated carbocycles. The molecule has 1 fully saturated rings. The van der Waals surface area contributed by atoms with Gasteiger partial charge in [0.2, 0.25) is 0 Å².